The van der Waals surface area contributed by atoms with Crippen molar-refractivity contribution >= 4 is 47.2 Å². The zero-order valence-corrected chi connectivity index (χ0v) is 21.8. The smallest absolute Gasteiger partial charge is 0.259 e. The van der Waals surface area contributed by atoms with Crippen LogP contribution in [-0.2, 0) is 4.79 Å². The van der Waals surface area contributed by atoms with E-state index >= 15 is 0 Å². The number of amides is 1. The average molecular weight is 529 g/mol. The number of hydrogen-bond acceptors (Lipinski definition) is 8. The maximum Gasteiger partial charge on any atom is 0.259 e. The maximum atomic E-state index is 13.6. The van der Waals surface area contributed by atoms with Gasteiger partial charge in [-0.05, 0) is 70.1 Å². The third kappa shape index (κ3) is 4.89. The molecule has 0 unspecified atom stereocenters. The monoisotopic (exact) mass is 528 g/mol. The van der Waals surface area contributed by atoms with Gasteiger partial charge in [-0.3, -0.25) is 14.7 Å². The number of carbonyl (C=O) groups is 1. The lowest BCUT2D eigenvalue weighted by atomic mass is 9.75. The molecule has 0 bridgehead atoms. The molecule has 0 aromatic carbocycles. The SMILES string of the molecule is C=N/C(C#N)=C(Cl)\C=C(/C)N1C(=O)C2(CCC2)N(c2ccc(OC3CCN(CCO)CC3)nc2)C1=S. The maximum absolute atomic E-state index is 13.6. The molecule has 3 heterocycles. The van der Waals surface area contributed by atoms with Crippen LogP contribution in [0.4, 0.5) is 5.69 Å². The lowest BCUT2D eigenvalue weighted by molar-refractivity contribution is -0.131. The molecule has 3 fully saturated rings. The predicted molar refractivity (Wildman–Crippen MR) is 142 cm³/mol. The minimum atomic E-state index is -0.749. The van der Waals surface area contributed by atoms with Crippen molar-refractivity contribution in [2.75, 3.05) is 31.1 Å². The van der Waals surface area contributed by atoms with Crippen molar-refractivity contribution in [1.29, 1.82) is 5.26 Å². The Labute approximate surface area is 221 Å². The average Bonchev–Trinajstić information content (AvgIpc) is 3.08. The number of aliphatic imine (C=N–C) groups is 1. The number of nitrogens with zero attached hydrogens (tertiary/aromatic N) is 6. The van der Waals surface area contributed by atoms with E-state index in [2.05, 4.69) is 21.6 Å². The Kier molecular flexibility index (Phi) is 8.05. The highest BCUT2D eigenvalue weighted by atomic mass is 35.5. The summed E-state index contributed by atoms with van der Waals surface area (Å²) in [4.78, 5) is 27.3. The first-order valence-electron chi connectivity index (χ1n) is 11.9. The largest absolute Gasteiger partial charge is 0.474 e. The number of ether oxygens (including phenoxy) is 1. The number of aliphatic hydroxyl groups excluding tert-OH is 1. The number of rotatable bonds is 8. The second kappa shape index (κ2) is 11.0. The van der Waals surface area contributed by atoms with Gasteiger partial charge in [0, 0.05) is 31.4 Å². The van der Waals surface area contributed by atoms with E-state index in [-0.39, 0.29) is 29.3 Å². The number of piperidine rings is 1. The zero-order valence-electron chi connectivity index (χ0n) is 20.2. The molecular formula is C25H29ClN6O3S. The molecular weight excluding hydrogens is 500 g/mol. The number of pyridine rings is 1. The van der Waals surface area contributed by atoms with Crippen LogP contribution in [0.25, 0.3) is 0 Å². The van der Waals surface area contributed by atoms with Gasteiger partial charge in [0.05, 0.1) is 23.5 Å². The van der Waals surface area contributed by atoms with Gasteiger partial charge in [-0.1, -0.05) is 11.6 Å². The fraction of sp³-hybridized carbons (Fsp3) is 0.480. The van der Waals surface area contributed by atoms with Crippen molar-refractivity contribution in [3.05, 3.63) is 40.8 Å². The highest BCUT2D eigenvalue weighted by molar-refractivity contribution is 7.80. The molecule has 1 aromatic heterocycles. The zero-order chi connectivity index (χ0) is 25.9. The Balaban J connectivity index is 1.52. The van der Waals surface area contributed by atoms with Crippen LogP contribution in [0.1, 0.15) is 39.0 Å². The normalized spacial score (nSPS) is 21.3. The molecule has 0 radical (unpaired) electrons. The number of carbonyl (C=O) groups excluding carboxylic acids is 1. The molecule has 1 aliphatic carbocycles. The van der Waals surface area contributed by atoms with E-state index in [4.69, 9.17) is 38.9 Å². The number of aromatic nitrogens is 1. The molecule has 1 amide bonds. The summed E-state index contributed by atoms with van der Waals surface area (Å²) in [5, 5.41) is 18.7. The minimum absolute atomic E-state index is 0.0253. The molecule has 11 heteroatoms. The molecule has 1 spiro atoms. The molecule has 2 aliphatic heterocycles. The van der Waals surface area contributed by atoms with E-state index in [1.54, 1.807) is 13.1 Å². The highest BCUT2D eigenvalue weighted by Gasteiger charge is 2.59. The number of thiocarbonyl (C=S) groups is 1. The highest BCUT2D eigenvalue weighted by Crippen LogP contribution is 2.47. The first kappa shape index (κ1) is 26.2. The van der Waals surface area contributed by atoms with Crippen molar-refractivity contribution in [2.45, 2.75) is 50.7 Å². The van der Waals surface area contributed by atoms with E-state index in [0.717, 1.165) is 38.0 Å². The quantitative estimate of drug-likeness (QED) is 0.237. The Bertz CT molecular complexity index is 1130. The summed E-state index contributed by atoms with van der Waals surface area (Å²) in [6, 6.07) is 5.58. The number of aliphatic hydroxyl groups is 1. The number of anilines is 1. The van der Waals surface area contributed by atoms with Crippen LogP contribution < -0.4 is 9.64 Å². The van der Waals surface area contributed by atoms with E-state index in [9.17, 15) is 4.79 Å². The molecule has 0 atom stereocenters. The van der Waals surface area contributed by atoms with Crippen LogP contribution >= 0.6 is 23.8 Å². The number of β-amino-alcohol motifs (C(OH)–C–C–N with tert-alkyl or cyclic N) is 1. The van der Waals surface area contributed by atoms with Crippen molar-refractivity contribution in [2.24, 2.45) is 4.99 Å². The summed E-state index contributed by atoms with van der Waals surface area (Å²) >= 11 is 12.0. The van der Waals surface area contributed by atoms with Crippen molar-refractivity contribution in [1.82, 2.24) is 14.8 Å². The van der Waals surface area contributed by atoms with Crippen LogP contribution in [0.3, 0.4) is 0 Å². The number of hydrogen-bond donors (Lipinski definition) is 1. The van der Waals surface area contributed by atoms with Crippen molar-refractivity contribution < 1.29 is 14.6 Å². The van der Waals surface area contributed by atoms with Crippen LogP contribution in [0, 0.1) is 11.3 Å². The molecule has 190 valence electrons. The second-order valence-electron chi connectivity index (χ2n) is 9.13. The van der Waals surface area contributed by atoms with Gasteiger partial charge in [-0.25, -0.2) is 4.98 Å². The van der Waals surface area contributed by atoms with E-state index in [1.807, 2.05) is 23.1 Å². The summed E-state index contributed by atoms with van der Waals surface area (Å²) in [6.07, 6.45) is 7.33. The topological polar surface area (TPSA) is 105 Å². The Morgan fingerprint density at radius 2 is 2.17 bits per heavy atom. The molecule has 9 nitrogen and oxygen atoms in total. The van der Waals surface area contributed by atoms with E-state index in [0.29, 0.717) is 36.1 Å². The van der Waals surface area contributed by atoms with Crippen LogP contribution in [0.15, 0.2) is 45.8 Å². The number of likely N-dealkylation sites (tertiary alicyclic amines) is 1. The van der Waals surface area contributed by atoms with Crippen molar-refractivity contribution in [3.8, 4) is 11.9 Å². The number of allylic oxidation sites excluding steroid dienone is 4. The van der Waals surface area contributed by atoms with E-state index < -0.39 is 5.54 Å². The number of nitriles is 1. The molecule has 4 rings (SSSR count). The predicted octanol–water partition coefficient (Wildman–Crippen LogP) is 3.35. The summed E-state index contributed by atoms with van der Waals surface area (Å²) in [7, 11) is 0. The second-order valence-corrected chi connectivity index (χ2v) is 9.91. The first-order chi connectivity index (χ1) is 17.3. The summed E-state index contributed by atoms with van der Waals surface area (Å²) in [6.45, 7) is 7.70. The lowest BCUT2D eigenvalue weighted by Gasteiger charge is -2.42. The first-order valence-corrected chi connectivity index (χ1v) is 12.7. The number of halogens is 1. The van der Waals surface area contributed by atoms with Gasteiger partial charge in [0.2, 0.25) is 5.88 Å². The fourth-order valence-corrected chi connectivity index (χ4v) is 5.68. The molecule has 36 heavy (non-hydrogen) atoms. The molecule has 2 saturated heterocycles. The van der Waals surface area contributed by atoms with E-state index in [1.165, 1.54) is 11.0 Å². The summed E-state index contributed by atoms with van der Waals surface area (Å²) in [5.74, 6) is 0.418. The van der Waals surface area contributed by atoms with Crippen LogP contribution in [-0.4, -0.2) is 75.5 Å². The van der Waals surface area contributed by atoms with Gasteiger partial charge in [-0.15, -0.1) is 0 Å². The van der Waals surface area contributed by atoms with Gasteiger partial charge in [-0.2, -0.15) is 5.26 Å². The van der Waals surface area contributed by atoms with Gasteiger partial charge >= 0.3 is 0 Å². The summed E-state index contributed by atoms with van der Waals surface area (Å²) < 4.78 is 6.09. The molecule has 1 N–H and O–H groups in total. The van der Waals surface area contributed by atoms with Crippen LogP contribution in [0.5, 0.6) is 5.88 Å². The van der Waals surface area contributed by atoms with Gasteiger partial charge in [0.25, 0.3) is 5.91 Å². The molecule has 3 aliphatic rings. The Hall–Kier alpha value is -2.84. The molecule has 1 aromatic rings. The third-order valence-corrected chi connectivity index (χ3v) is 7.64. The van der Waals surface area contributed by atoms with Crippen molar-refractivity contribution in [3.63, 3.8) is 0 Å². The Morgan fingerprint density at radius 1 is 1.44 bits per heavy atom. The van der Waals surface area contributed by atoms with Gasteiger partial charge in [0.15, 0.2) is 10.8 Å². The summed E-state index contributed by atoms with van der Waals surface area (Å²) in [5.41, 5.74) is 0.449. The minimum Gasteiger partial charge on any atom is -0.474 e. The standard InChI is InChI=1S/C25H29ClN6O3S/c1-17(14-20(26)21(15-27)28-2)31-23(34)25(8-3-9-25)32(24(31)36)18-4-5-22(29-16-18)35-19-6-10-30(11-7-19)12-13-33/h4-5,14,16,19,33H,2-3,6-13H2,1H3/b17-14+,21-20+. The lowest BCUT2D eigenvalue weighted by Crippen LogP contribution is -2.55. The third-order valence-electron chi connectivity index (χ3n) is 6.99. The Morgan fingerprint density at radius 3 is 2.69 bits per heavy atom. The fourth-order valence-electron chi connectivity index (χ4n) is 4.91. The molecule has 1 saturated carbocycles. The van der Waals surface area contributed by atoms with Gasteiger partial charge < -0.3 is 19.6 Å². The van der Waals surface area contributed by atoms with Gasteiger partial charge in [0.1, 0.15) is 17.7 Å². The van der Waals surface area contributed by atoms with Crippen LogP contribution in [0.2, 0.25) is 0 Å².